The molecule has 2 aliphatic heterocycles. The number of rotatable bonds is 8. The van der Waals surface area contributed by atoms with Crippen LogP contribution >= 0.6 is 7.82 Å². The van der Waals surface area contributed by atoms with Gasteiger partial charge < -0.3 is 61.5 Å². The van der Waals surface area contributed by atoms with Gasteiger partial charge >= 0.3 is 11.4 Å². The van der Waals surface area contributed by atoms with Gasteiger partial charge in [-0.15, -0.1) is 0 Å². The van der Waals surface area contributed by atoms with Crippen LogP contribution in [0.1, 0.15) is 12.5 Å². The summed E-state index contributed by atoms with van der Waals surface area (Å²) < 4.78 is 34.6. The Balaban J connectivity index is 0.00000400. The Morgan fingerprint density at radius 1 is 0.947 bits per heavy atom. The van der Waals surface area contributed by atoms with Crippen molar-refractivity contribution in [3.05, 3.63) is 45.5 Å². The van der Waals surface area contributed by atoms with Crippen LogP contribution < -0.4 is 33.9 Å². The summed E-state index contributed by atoms with van der Waals surface area (Å²) in [6, 6.07) is 2.49. The van der Waals surface area contributed by atoms with Crippen molar-refractivity contribution in [2.24, 2.45) is 0 Å². The summed E-state index contributed by atoms with van der Waals surface area (Å²) in [7, 11) is -5.27. The molecule has 0 bridgehead atoms. The second-order valence-corrected chi connectivity index (χ2v) is 9.55. The van der Waals surface area contributed by atoms with E-state index in [0.29, 0.717) is 0 Å². The predicted octanol–water partition coefficient (Wildman–Crippen LogP) is -4.22. The average Bonchev–Trinajstić information content (AvgIpc) is 3.28. The molecule has 0 spiro atoms. The van der Waals surface area contributed by atoms with Gasteiger partial charge in [0, 0.05) is 12.4 Å². The van der Waals surface area contributed by atoms with E-state index < -0.39 is 81.5 Å². The van der Waals surface area contributed by atoms with Crippen LogP contribution in [0.25, 0.3) is 0 Å². The molecule has 20 heteroatoms. The molecule has 0 saturated carbocycles. The lowest BCUT2D eigenvalue weighted by Crippen LogP contribution is -2.39. The number of nitrogens with two attached hydrogens (primary N) is 2. The molecule has 2 aromatic rings. The molecular weight excluding hydrogens is 537 g/mol. The second kappa shape index (κ2) is 11.5. The number of phosphoric ester groups is 1. The van der Waals surface area contributed by atoms with E-state index in [-0.39, 0.29) is 17.8 Å². The van der Waals surface area contributed by atoms with Crippen LogP contribution in [0.2, 0.25) is 0 Å². The number of hydrogen-bond acceptors (Lipinski definition) is 16. The minimum absolute atomic E-state index is 0. The maximum Gasteiger partial charge on any atom is 0.351 e. The monoisotopic (exact) mass is 565 g/mol. The molecule has 0 amide bonds. The third kappa shape index (κ3) is 5.92. The van der Waals surface area contributed by atoms with E-state index in [4.69, 9.17) is 30.0 Å². The molecule has 38 heavy (non-hydrogen) atoms. The van der Waals surface area contributed by atoms with Crippen molar-refractivity contribution in [1.82, 2.24) is 25.3 Å². The van der Waals surface area contributed by atoms with Gasteiger partial charge in [0.2, 0.25) is 0 Å². The first-order valence-corrected chi connectivity index (χ1v) is 12.2. The fourth-order valence-electron chi connectivity index (χ4n) is 3.91. The van der Waals surface area contributed by atoms with Gasteiger partial charge in [0.1, 0.15) is 48.3 Å². The number of quaternary nitrogens is 1. The second-order valence-electron chi connectivity index (χ2n) is 8.18. The summed E-state index contributed by atoms with van der Waals surface area (Å²) in [5.41, 5.74) is 9.06. The van der Waals surface area contributed by atoms with Crippen LogP contribution in [0.5, 0.6) is 0 Å². The number of anilines is 2. The Bertz CT molecular complexity index is 1290. The molecule has 19 nitrogen and oxygen atoms in total. The molecule has 1 unspecified atom stereocenters. The van der Waals surface area contributed by atoms with Crippen LogP contribution in [-0.4, -0.2) is 89.4 Å². The van der Waals surface area contributed by atoms with Crippen molar-refractivity contribution >= 4 is 19.5 Å². The van der Waals surface area contributed by atoms with Crippen molar-refractivity contribution in [1.29, 1.82) is 0 Å². The summed E-state index contributed by atoms with van der Waals surface area (Å²) >= 11 is 0. The third-order valence-corrected chi connectivity index (χ3v) is 6.69. The molecular formula is C18H28N7O12P. The standard InChI is InChI=1S/C18H25N6O12P.H3N/c19-9-1-3-23(17(29)21-9)15-12(27)11(26)8(35-15)6-33-37(31,32)36-14-7(5-25)34-16(13(14)28)24-4-2-10(20)22-18(24)30;/h1-4,7-8,11-16,25-28H,5-6H2,(H,31,32)(H2,19,21,29)(H2,20,22,30);1H3/t7-,8-,11-,12-,13-,14-,15-,16-;/m1./s1. The Kier molecular flexibility index (Phi) is 9.01. The van der Waals surface area contributed by atoms with Gasteiger partial charge in [0.05, 0.1) is 13.2 Å². The van der Waals surface area contributed by atoms with E-state index in [2.05, 4.69) is 9.97 Å². The fraction of sp³-hybridized carbons (Fsp3) is 0.556. The van der Waals surface area contributed by atoms with Gasteiger partial charge in [0.15, 0.2) is 12.5 Å². The first kappa shape index (κ1) is 29.7. The topological polar surface area (TPSA) is 316 Å². The molecule has 9 atom stereocenters. The summed E-state index contributed by atoms with van der Waals surface area (Å²) in [6.07, 6.45) is -10.2. The maximum atomic E-state index is 12.5. The molecule has 2 fully saturated rings. The van der Waals surface area contributed by atoms with Gasteiger partial charge in [0.25, 0.3) is 7.82 Å². The minimum Gasteiger partial charge on any atom is -0.756 e. The first-order valence-electron chi connectivity index (χ1n) is 10.7. The molecule has 4 rings (SSSR count). The molecule has 0 radical (unpaired) electrons. The number of nitrogens with zero attached hydrogens (tertiary/aromatic N) is 4. The number of phosphoric acid groups is 1. The molecule has 2 saturated heterocycles. The van der Waals surface area contributed by atoms with Crippen molar-refractivity contribution < 1.29 is 48.4 Å². The van der Waals surface area contributed by atoms with Crippen molar-refractivity contribution in [2.45, 2.75) is 49.1 Å². The number of nitrogen functional groups attached to an aromatic ring is 2. The Morgan fingerprint density at radius 3 is 1.95 bits per heavy atom. The molecule has 0 aliphatic carbocycles. The predicted molar refractivity (Wildman–Crippen MR) is 123 cm³/mol. The van der Waals surface area contributed by atoms with Crippen LogP contribution in [0.3, 0.4) is 0 Å². The number of aliphatic hydroxyl groups excluding tert-OH is 4. The summed E-state index contributed by atoms with van der Waals surface area (Å²) in [5.74, 6) is -0.184. The van der Waals surface area contributed by atoms with Gasteiger partial charge in [-0.3, -0.25) is 13.7 Å². The lowest BCUT2D eigenvalue weighted by molar-refractivity contribution is -0.236. The van der Waals surface area contributed by atoms with E-state index >= 15 is 0 Å². The molecule has 4 heterocycles. The number of ether oxygens (including phenoxy) is 2. The lowest BCUT2D eigenvalue weighted by atomic mass is 10.1. The Morgan fingerprint density at radius 2 is 1.45 bits per heavy atom. The number of aliphatic hydroxyl groups is 4. The minimum atomic E-state index is -5.27. The SMILES string of the molecule is Nc1ccn([C@@H]2O[C@H](COP(=O)([O-])O[C@H]3[C@@H](O)[C@H](n4ccc(N)nc4=O)O[C@@H]3CO)[C@@H](O)[C@H]2O)c(=O)n1.[NH4+]. The normalized spacial score (nSPS) is 32.6. The number of hydrogen-bond donors (Lipinski definition) is 7. The highest BCUT2D eigenvalue weighted by molar-refractivity contribution is 7.45. The molecule has 12 N–H and O–H groups in total. The third-order valence-electron chi connectivity index (χ3n) is 5.73. The summed E-state index contributed by atoms with van der Waals surface area (Å²) in [6.45, 7) is -1.65. The Hall–Kier alpha value is -2.81. The molecule has 212 valence electrons. The highest BCUT2D eigenvalue weighted by atomic mass is 31.2. The van der Waals surface area contributed by atoms with Gasteiger partial charge in [-0.1, -0.05) is 0 Å². The zero-order valence-electron chi connectivity index (χ0n) is 19.8. The zero-order chi connectivity index (χ0) is 27.1. The van der Waals surface area contributed by atoms with E-state index in [9.17, 15) is 39.5 Å². The van der Waals surface area contributed by atoms with Crippen LogP contribution in [0.4, 0.5) is 11.6 Å². The van der Waals surface area contributed by atoms with E-state index in [1.807, 2.05) is 0 Å². The van der Waals surface area contributed by atoms with Gasteiger partial charge in [-0.25, -0.2) is 9.59 Å². The van der Waals surface area contributed by atoms with Crippen molar-refractivity contribution in [2.75, 3.05) is 24.7 Å². The van der Waals surface area contributed by atoms with Gasteiger partial charge in [-0.2, -0.15) is 9.97 Å². The summed E-state index contributed by atoms with van der Waals surface area (Å²) in [5, 5.41) is 40.7. The van der Waals surface area contributed by atoms with Crippen LogP contribution in [0, 0.1) is 0 Å². The highest BCUT2D eigenvalue weighted by Gasteiger charge is 2.48. The molecule has 2 aromatic heterocycles. The smallest absolute Gasteiger partial charge is 0.351 e. The molecule has 0 aromatic carbocycles. The largest absolute Gasteiger partial charge is 0.756 e. The van der Waals surface area contributed by atoms with Crippen molar-refractivity contribution in [3.63, 3.8) is 0 Å². The quantitative estimate of drug-likeness (QED) is 0.149. The van der Waals surface area contributed by atoms with Crippen LogP contribution in [0.15, 0.2) is 34.1 Å². The Labute approximate surface area is 213 Å². The van der Waals surface area contributed by atoms with E-state index in [0.717, 1.165) is 15.3 Å². The van der Waals surface area contributed by atoms with Crippen LogP contribution in [-0.2, 0) is 23.1 Å². The average molecular weight is 565 g/mol. The maximum absolute atomic E-state index is 12.5. The van der Waals surface area contributed by atoms with Gasteiger partial charge in [-0.05, 0) is 12.1 Å². The number of aromatic nitrogens is 4. The van der Waals surface area contributed by atoms with E-state index in [1.165, 1.54) is 18.3 Å². The first-order chi connectivity index (χ1) is 17.4. The lowest BCUT2D eigenvalue weighted by Gasteiger charge is -2.30. The van der Waals surface area contributed by atoms with Crippen molar-refractivity contribution in [3.8, 4) is 0 Å². The fourth-order valence-corrected chi connectivity index (χ4v) is 4.86. The zero-order valence-corrected chi connectivity index (χ0v) is 20.7. The summed E-state index contributed by atoms with van der Waals surface area (Å²) in [4.78, 5) is 43.6. The highest BCUT2D eigenvalue weighted by Crippen LogP contribution is 2.45. The molecule has 2 aliphatic rings. The van der Waals surface area contributed by atoms with E-state index in [1.54, 1.807) is 0 Å².